The normalized spacial score (nSPS) is 12.9. The Balaban J connectivity index is 3.08. The van der Waals surface area contributed by atoms with E-state index in [1.54, 1.807) is 0 Å². The largest absolute Gasteiger partial charge is 0.316 e. The second-order valence-electron chi connectivity index (χ2n) is 2.57. The van der Waals surface area contributed by atoms with Gasteiger partial charge in [0.05, 0.1) is 12.7 Å². The predicted octanol–water partition coefficient (Wildman–Crippen LogP) is 0.802. The smallest absolute Gasteiger partial charge is 0.139 e. The van der Waals surface area contributed by atoms with Gasteiger partial charge in [-0.2, -0.15) is 0 Å². The van der Waals surface area contributed by atoms with Crippen LogP contribution in [0.4, 0.5) is 0 Å². The van der Waals surface area contributed by atoms with E-state index in [4.69, 9.17) is 5.73 Å². The van der Waals surface area contributed by atoms with Crippen LogP contribution in [0, 0.1) is 6.54 Å². The lowest BCUT2D eigenvalue weighted by Crippen LogP contribution is -2.35. The molecule has 1 radical (unpaired) electrons. The van der Waals surface area contributed by atoms with Crippen molar-refractivity contribution in [2.24, 2.45) is 5.73 Å². The monoisotopic (exact) mass is 157 g/mol. The summed E-state index contributed by atoms with van der Waals surface area (Å²) in [6.07, 6.45) is 5.10. The molecule has 0 heterocycles. The molecule has 3 heteroatoms. The molecule has 0 aromatic rings. The third-order valence-electron chi connectivity index (χ3n) is 1.50. The highest BCUT2D eigenvalue weighted by atomic mass is 16.1. The van der Waals surface area contributed by atoms with Crippen molar-refractivity contribution in [2.45, 2.75) is 38.8 Å². The molecule has 1 unspecified atom stereocenters. The van der Waals surface area contributed by atoms with Crippen LogP contribution in [-0.2, 0) is 4.79 Å². The summed E-state index contributed by atoms with van der Waals surface area (Å²) in [7, 11) is 0. The van der Waals surface area contributed by atoms with Gasteiger partial charge in [-0.1, -0.05) is 26.2 Å². The summed E-state index contributed by atoms with van der Waals surface area (Å²) in [6.45, 7) is 3.49. The number of rotatable bonds is 7. The summed E-state index contributed by atoms with van der Waals surface area (Å²) in [5, 5.41) is 2.78. The highest BCUT2D eigenvalue weighted by Gasteiger charge is 1.98. The molecule has 0 aliphatic heterocycles. The summed E-state index contributed by atoms with van der Waals surface area (Å²) in [4.78, 5) is 9.87. The van der Waals surface area contributed by atoms with E-state index in [9.17, 15) is 4.79 Å². The average molecular weight is 157 g/mol. The van der Waals surface area contributed by atoms with E-state index in [-0.39, 0.29) is 6.17 Å². The van der Waals surface area contributed by atoms with Gasteiger partial charge in [0.2, 0.25) is 0 Å². The van der Waals surface area contributed by atoms with Crippen molar-refractivity contribution in [3.8, 4) is 0 Å². The Kier molecular flexibility index (Phi) is 7.41. The minimum Gasteiger partial charge on any atom is -0.316 e. The summed E-state index contributed by atoms with van der Waals surface area (Å²) in [5.41, 5.74) is 5.60. The minimum absolute atomic E-state index is 0.0632. The molecule has 3 nitrogen and oxygen atoms in total. The van der Waals surface area contributed by atoms with Crippen LogP contribution in [0.1, 0.15) is 32.6 Å². The maximum absolute atomic E-state index is 9.87. The highest BCUT2D eigenvalue weighted by Crippen LogP contribution is 1.99. The van der Waals surface area contributed by atoms with Gasteiger partial charge in [-0.3, -0.25) is 5.32 Å². The Hall–Kier alpha value is -0.410. The lowest BCUT2D eigenvalue weighted by molar-refractivity contribution is -0.105. The SMILES string of the molecule is CCCCCC(N)N[CH]C=O. The van der Waals surface area contributed by atoms with E-state index in [0.717, 1.165) is 12.8 Å². The van der Waals surface area contributed by atoms with Gasteiger partial charge in [0, 0.05) is 0 Å². The molecule has 0 aliphatic carbocycles. The molecule has 65 valence electrons. The zero-order valence-corrected chi connectivity index (χ0v) is 7.05. The molecule has 0 bridgehead atoms. The number of carbonyl (C=O) groups is 1. The van der Waals surface area contributed by atoms with Crippen LogP contribution in [0.2, 0.25) is 0 Å². The molecule has 3 N–H and O–H groups in total. The molecule has 0 aliphatic rings. The van der Waals surface area contributed by atoms with Crippen LogP contribution in [0.3, 0.4) is 0 Å². The molecule has 0 amide bonds. The van der Waals surface area contributed by atoms with Gasteiger partial charge in [-0.25, -0.2) is 0 Å². The predicted molar refractivity (Wildman–Crippen MR) is 45.6 cm³/mol. The average Bonchev–Trinajstić information content (AvgIpc) is 2.01. The lowest BCUT2D eigenvalue weighted by Gasteiger charge is -2.09. The van der Waals surface area contributed by atoms with Gasteiger partial charge in [0.25, 0.3) is 0 Å². The van der Waals surface area contributed by atoms with Crippen LogP contribution in [0.15, 0.2) is 0 Å². The number of carbonyl (C=O) groups excluding carboxylic acids is 1. The van der Waals surface area contributed by atoms with Crippen LogP contribution < -0.4 is 11.1 Å². The Labute approximate surface area is 68.3 Å². The zero-order valence-electron chi connectivity index (χ0n) is 7.05. The first-order valence-electron chi connectivity index (χ1n) is 4.10. The molecule has 0 aromatic heterocycles. The van der Waals surface area contributed by atoms with E-state index in [1.807, 2.05) is 0 Å². The van der Waals surface area contributed by atoms with Gasteiger partial charge in [-0.05, 0) is 6.42 Å². The molecule has 0 saturated heterocycles. The minimum atomic E-state index is -0.0632. The van der Waals surface area contributed by atoms with Crippen molar-refractivity contribution in [3.63, 3.8) is 0 Å². The third-order valence-corrected chi connectivity index (χ3v) is 1.50. The van der Waals surface area contributed by atoms with Crippen molar-refractivity contribution >= 4 is 6.29 Å². The van der Waals surface area contributed by atoms with E-state index >= 15 is 0 Å². The third kappa shape index (κ3) is 7.49. The summed E-state index contributed by atoms with van der Waals surface area (Å²) >= 11 is 0. The second kappa shape index (κ2) is 7.69. The Morgan fingerprint density at radius 3 is 2.82 bits per heavy atom. The fourth-order valence-corrected chi connectivity index (χ4v) is 0.860. The van der Waals surface area contributed by atoms with E-state index in [1.165, 1.54) is 19.4 Å². The van der Waals surface area contributed by atoms with E-state index < -0.39 is 0 Å². The quantitative estimate of drug-likeness (QED) is 0.326. The number of nitrogens with two attached hydrogens (primary N) is 1. The second-order valence-corrected chi connectivity index (χ2v) is 2.57. The van der Waals surface area contributed by atoms with Crippen molar-refractivity contribution < 1.29 is 4.79 Å². The standard InChI is InChI=1S/C8H17N2O/c1-2-3-4-5-8(9)10-6-7-11/h6-8,10H,2-5,9H2,1H3. The molecule has 0 aromatic carbocycles. The fourth-order valence-electron chi connectivity index (χ4n) is 0.860. The van der Waals surface area contributed by atoms with Gasteiger partial charge in [0.1, 0.15) is 6.29 Å². The first kappa shape index (κ1) is 10.6. The van der Waals surface area contributed by atoms with Gasteiger partial charge >= 0.3 is 0 Å². The molecule has 1 atom stereocenters. The maximum Gasteiger partial charge on any atom is 0.139 e. The van der Waals surface area contributed by atoms with Crippen molar-refractivity contribution in [1.82, 2.24) is 5.32 Å². The van der Waals surface area contributed by atoms with Crippen molar-refractivity contribution in [2.75, 3.05) is 0 Å². The van der Waals surface area contributed by atoms with Gasteiger partial charge in [-0.15, -0.1) is 0 Å². The molecule has 0 rings (SSSR count). The van der Waals surface area contributed by atoms with E-state index in [2.05, 4.69) is 12.2 Å². The lowest BCUT2D eigenvalue weighted by atomic mass is 10.2. The molecule has 0 spiro atoms. The summed E-state index contributed by atoms with van der Waals surface area (Å²) < 4.78 is 0. The molecular weight excluding hydrogens is 140 g/mol. The summed E-state index contributed by atoms with van der Waals surface area (Å²) in [5.74, 6) is 0. The van der Waals surface area contributed by atoms with Crippen LogP contribution in [0.25, 0.3) is 0 Å². The van der Waals surface area contributed by atoms with Crippen molar-refractivity contribution in [1.29, 1.82) is 0 Å². The Morgan fingerprint density at radius 2 is 2.27 bits per heavy atom. The molecular formula is C8H17N2O. The first-order valence-corrected chi connectivity index (χ1v) is 4.10. The fraction of sp³-hybridized carbons (Fsp3) is 0.750. The van der Waals surface area contributed by atoms with Crippen molar-refractivity contribution in [3.05, 3.63) is 6.54 Å². The number of hydrogen-bond acceptors (Lipinski definition) is 3. The Bertz CT molecular complexity index is 96.1. The molecule has 0 saturated carbocycles. The summed E-state index contributed by atoms with van der Waals surface area (Å²) in [6, 6.07) is 0. The Morgan fingerprint density at radius 1 is 1.55 bits per heavy atom. The topological polar surface area (TPSA) is 55.1 Å². The number of unbranched alkanes of at least 4 members (excludes halogenated alkanes) is 2. The van der Waals surface area contributed by atoms with Gasteiger partial charge in [0.15, 0.2) is 0 Å². The maximum atomic E-state index is 9.87. The van der Waals surface area contributed by atoms with Crippen LogP contribution >= 0.6 is 0 Å². The molecule has 11 heavy (non-hydrogen) atoms. The zero-order chi connectivity index (χ0) is 8.53. The first-order chi connectivity index (χ1) is 5.31. The van der Waals surface area contributed by atoms with Gasteiger partial charge < -0.3 is 10.5 Å². The highest BCUT2D eigenvalue weighted by molar-refractivity contribution is 5.59. The molecule has 0 fully saturated rings. The van der Waals surface area contributed by atoms with E-state index in [0.29, 0.717) is 6.29 Å². The number of hydrogen-bond donors (Lipinski definition) is 2. The number of aldehydes is 1. The van der Waals surface area contributed by atoms with Crippen LogP contribution in [0.5, 0.6) is 0 Å². The van der Waals surface area contributed by atoms with Crippen LogP contribution in [-0.4, -0.2) is 12.5 Å². The number of nitrogens with one attached hydrogen (secondary N) is 1.